The fourth-order valence-electron chi connectivity index (χ4n) is 7.47. The van der Waals surface area contributed by atoms with Gasteiger partial charge in [-0.15, -0.1) is 6.42 Å². The monoisotopic (exact) mass is 426 g/mol. The number of esters is 2. The van der Waals surface area contributed by atoms with Gasteiger partial charge < -0.3 is 9.47 Å². The van der Waals surface area contributed by atoms with Crippen LogP contribution in [0.2, 0.25) is 0 Å². The van der Waals surface area contributed by atoms with Crippen LogP contribution in [-0.4, -0.2) is 29.4 Å². The molecule has 168 valence electrons. The van der Waals surface area contributed by atoms with E-state index in [1.165, 1.54) is 19.4 Å². The third kappa shape index (κ3) is 3.73. The maximum atomic E-state index is 12.4. The highest BCUT2D eigenvalue weighted by molar-refractivity contribution is 5.94. The number of rotatable bonds is 4. The number of carbonyl (C=O) groups excluding carboxylic acids is 3. The fraction of sp³-hybridized carbons (Fsp3) is 0.731. The Hall–Kier alpha value is -2.09. The topological polar surface area (TPSA) is 69.7 Å². The van der Waals surface area contributed by atoms with Gasteiger partial charge in [0.05, 0.1) is 0 Å². The van der Waals surface area contributed by atoms with Crippen molar-refractivity contribution >= 4 is 17.7 Å². The van der Waals surface area contributed by atoms with Crippen LogP contribution in [0.4, 0.5) is 0 Å². The molecule has 0 N–H and O–H groups in total. The van der Waals surface area contributed by atoms with Gasteiger partial charge in [-0.3, -0.25) is 14.4 Å². The summed E-state index contributed by atoms with van der Waals surface area (Å²) in [6, 6.07) is 0. The van der Waals surface area contributed by atoms with Crippen molar-refractivity contribution in [1.29, 1.82) is 0 Å². The smallest absolute Gasteiger partial charge is 0.314 e. The minimum absolute atomic E-state index is 0.0737. The van der Waals surface area contributed by atoms with Crippen molar-refractivity contribution < 1.29 is 23.9 Å². The Kier molecular flexibility index (Phi) is 5.79. The molecule has 0 aliphatic heterocycles. The normalized spacial score (nSPS) is 41.0. The summed E-state index contributed by atoms with van der Waals surface area (Å²) in [7, 11) is 0. The number of allylic oxidation sites excluding steroid dienone is 1. The summed E-state index contributed by atoms with van der Waals surface area (Å²) in [5, 5.41) is 0. The van der Waals surface area contributed by atoms with Gasteiger partial charge in [-0.05, 0) is 88.0 Å². The first-order chi connectivity index (χ1) is 14.7. The van der Waals surface area contributed by atoms with Gasteiger partial charge in [0.25, 0.3) is 0 Å². The first kappa shape index (κ1) is 22.1. The average molecular weight is 427 g/mol. The van der Waals surface area contributed by atoms with Crippen LogP contribution in [0.5, 0.6) is 0 Å². The van der Waals surface area contributed by atoms with Crippen LogP contribution < -0.4 is 0 Å². The molecule has 5 nitrogen and oxygen atoms in total. The molecule has 4 rings (SSSR count). The zero-order chi connectivity index (χ0) is 22.4. The van der Waals surface area contributed by atoms with Gasteiger partial charge in [0.2, 0.25) is 0 Å². The van der Waals surface area contributed by atoms with E-state index in [1.807, 2.05) is 0 Å². The third-order valence-corrected chi connectivity index (χ3v) is 8.77. The highest BCUT2D eigenvalue weighted by Crippen LogP contribution is 2.65. The van der Waals surface area contributed by atoms with E-state index in [9.17, 15) is 14.4 Å². The van der Waals surface area contributed by atoms with E-state index < -0.39 is 11.6 Å². The Morgan fingerprint density at radius 1 is 1.10 bits per heavy atom. The number of Topliss-reactive ketones (excluding diaryl/α,β-unsaturated/α-hetero) is 1. The number of terminal acetylenes is 1. The molecule has 0 unspecified atom stereocenters. The van der Waals surface area contributed by atoms with Crippen molar-refractivity contribution in [1.82, 2.24) is 0 Å². The van der Waals surface area contributed by atoms with Gasteiger partial charge >= 0.3 is 11.9 Å². The van der Waals surface area contributed by atoms with Crippen molar-refractivity contribution in [2.45, 2.75) is 90.3 Å². The van der Waals surface area contributed by atoms with Crippen LogP contribution >= 0.6 is 0 Å². The Balaban J connectivity index is 1.53. The highest BCUT2D eigenvalue weighted by atomic mass is 16.6. The second kappa shape index (κ2) is 8.11. The number of ether oxygens (including phenoxy) is 2. The lowest BCUT2D eigenvalue weighted by Gasteiger charge is -2.55. The van der Waals surface area contributed by atoms with Gasteiger partial charge in [0.15, 0.2) is 5.60 Å². The summed E-state index contributed by atoms with van der Waals surface area (Å²) in [5.74, 6) is 4.18. The van der Waals surface area contributed by atoms with E-state index >= 15 is 0 Å². The first-order valence-electron chi connectivity index (χ1n) is 11.8. The maximum Gasteiger partial charge on any atom is 0.314 e. The summed E-state index contributed by atoms with van der Waals surface area (Å²) in [5.41, 5.74) is 0.320. The summed E-state index contributed by atoms with van der Waals surface area (Å²) in [4.78, 5) is 35.2. The number of hydrogen-bond acceptors (Lipinski definition) is 5. The van der Waals surface area contributed by atoms with Crippen molar-refractivity contribution in [3.8, 4) is 12.3 Å². The van der Waals surface area contributed by atoms with Gasteiger partial charge in [0, 0.05) is 12.3 Å². The molecule has 31 heavy (non-hydrogen) atoms. The fourth-order valence-corrected chi connectivity index (χ4v) is 7.47. The van der Waals surface area contributed by atoms with E-state index in [4.69, 9.17) is 15.9 Å². The van der Waals surface area contributed by atoms with Crippen LogP contribution in [0.15, 0.2) is 11.6 Å². The predicted octanol–water partition coefficient (Wildman–Crippen LogP) is 4.39. The molecule has 0 aromatic rings. The van der Waals surface area contributed by atoms with Gasteiger partial charge in [0.1, 0.15) is 18.3 Å². The molecule has 4 aliphatic rings. The van der Waals surface area contributed by atoms with Crippen LogP contribution in [-0.2, 0) is 23.9 Å². The molecule has 0 aromatic heterocycles. The lowest BCUT2D eigenvalue weighted by atomic mass is 9.50. The molecule has 3 saturated carbocycles. The standard InChI is InChI=1S/C26H34O5/c1-5-26(31-24(29)14-16(2)27)13-11-23-22-8-6-18-15-19(30-17(3)28)7-9-20(18)21(22)10-12-25(23,26)4/h1,15,19-23H,6-14H2,2-4H3/t19-,20-,21+,22+,23-,25-,26-/m0/s1. The minimum atomic E-state index is -0.904. The second-order valence-corrected chi connectivity index (χ2v) is 10.4. The highest BCUT2D eigenvalue weighted by Gasteiger charge is 2.64. The van der Waals surface area contributed by atoms with Gasteiger partial charge in [-0.1, -0.05) is 18.4 Å². The van der Waals surface area contributed by atoms with E-state index in [1.54, 1.807) is 0 Å². The van der Waals surface area contributed by atoms with Crippen molar-refractivity contribution in [3.63, 3.8) is 0 Å². The predicted molar refractivity (Wildman–Crippen MR) is 116 cm³/mol. The summed E-state index contributed by atoms with van der Waals surface area (Å²) in [6.07, 6.45) is 15.7. The minimum Gasteiger partial charge on any atom is -0.458 e. The molecular formula is C26H34O5. The van der Waals surface area contributed by atoms with Crippen molar-refractivity contribution in [2.24, 2.45) is 29.1 Å². The lowest BCUT2D eigenvalue weighted by molar-refractivity contribution is -0.170. The van der Waals surface area contributed by atoms with Crippen LogP contribution in [0, 0.1) is 41.4 Å². The summed E-state index contributed by atoms with van der Waals surface area (Å²) >= 11 is 0. The van der Waals surface area contributed by atoms with E-state index in [-0.39, 0.29) is 29.7 Å². The molecule has 3 fully saturated rings. The SMILES string of the molecule is C#C[C@]1(OC(=O)CC(C)=O)CC[C@H]2[C@@H]3CCC4=C[C@@H](OC(C)=O)CC[C@@H]4[C@H]3CC[C@@]21C. The molecule has 5 heteroatoms. The first-order valence-corrected chi connectivity index (χ1v) is 11.8. The van der Waals surface area contributed by atoms with E-state index in [0.29, 0.717) is 30.1 Å². The van der Waals surface area contributed by atoms with E-state index in [0.717, 1.165) is 44.9 Å². The van der Waals surface area contributed by atoms with Crippen LogP contribution in [0.25, 0.3) is 0 Å². The molecule has 0 heterocycles. The number of fused-ring (bicyclic) bond motifs is 5. The Bertz CT molecular complexity index is 850. The molecular weight excluding hydrogens is 392 g/mol. The van der Waals surface area contributed by atoms with Crippen LogP contribution in [0.3, 0.4) is 0 Å². The number of carbonyl (C=O) groups is 3. The number of ketones is 1. The summed E-state index contributed by atoms with van der Waals surface area (Å²) in [6.45, 7) is 5.09. The molecule has 0 bridgehead atoms. The largest absolute Gasteiger partial charge is 0.458 e. The zero-order valence-electron chi connectivity index (χ0n) is 18.9. The Labute approximate surface area is 185 Å². The second-order valence-electron chi connectivity index (χ2n) is 10.4. The molecule has 0 amide bonds. The molecule has 0 spiro atoms. The molecule has 0 saturated heterocycles. The van der Waals surface area contributed by atoms with Gasteiger partial charge in [-0.25, -0.2) is 0 Å². The van der Waals surface area contributed by atoms with E-state index in [2.05, 4.69) is 18.9 Å². The van der Waals surface area contributed by atoms with Crippen molar-refractivity contribution in [3.05, 3.63) is 11.6 Å². The summed E-state index contributed by atoms with van der Waals surface area (Å²) < 4.78 is 11.4. The van der Waals surface area contributed by atoms with Gasteiger partial charge in [-0.2, -0.15) is 0 Å². The average Bonchev–Trinajstić information content (AvgIpc) is 2.99. The Morgan fingerprint density at radius 3 is 2.55 bits per heavy atom. The van der Waals surface area contributed by atoms with Crippen LogP contribution in [0.1, 0.15) is 78.6 Å². The Morgan fingerprint density at radius 2 is 1.87 bits per heavy atom. The molecule has 0 radical (unpaired) electrons. The molecule has 4 aliphatic carbocycles. The zero-order valence-corrected chi connectivity index (χ0v) is 18.9. The maximum absolute atomic E-state index is 12.4. The number of hydrogen-bond donors (Lipinski definition) is 0. The van der Waals surface area contributed by atoms with Crippen molar-refractivity contribution in [2.75, 3.05) is 0 Å². The third-order valence-electron chi connectivity index (χ3n) is 8.77. The lowest BCUT2D eigenvalue weighted by Crippen LogP contribution is -2.54. The molecule has 7 atom stereocenters. The quantitative estimate of drug-likeness (QED) is 0.289. The molecule has 0 aromatic carbocycles.